The predicted octanol–water partition coefficient (Wildman–Crippen LogP) is 3.93. The van der Waals surface area contributed by atoms with Crippen LogP contribution >= 0.6 is 22.9 Å². The highest BCUT2D eigenvalue weighted by Crippen LogP contribution is 2.35. The van der Waals surface area contributed by atoms with Crippen LogP contribution in [0.2, 0.25) is 5.28 Å². The molecule has 4 heterocycles. The van der Waals surface area contributed by atoms with Gasteiger partial charge in [-0.05, 0) is 24.1 Å². The fourth-order valence-corrected chi connectivity index (χ4v) is 4.43. The first-order chi connectivity index (χ1) is 12.4. The van der Waals surface area contributed by atoms with Gasteiger partial charge in [-0.15, -0.1) is 21.5 Å². The van der Waals surface area contributed by atoms with Gasteiger partial charge in [0.2, 0.25) is 11.1 Å². The first kappa shape index (κ1) is 17.5. The molecule has 1 aliphatic heterocycles. The molecule has 3 aromatic heterocycles. The van der Waals surface area contributed by atoms with Crippen molar-refractivity contribution in [2.24, 2.45) is 0 Å². The van der Waals surface area contributed by atoms with E-state index in [1.807, 2.05) is 11.0 Å². The van der Waals surface area contributed by atoms with E-state index in [9.17, 15) is 13.2 Å². The van der Waals surface area contributed by atoms with Crippen molar-refractivity contribution in [2.45, 2.75) is 39.0 Å². The van der Waals surface area contributed by atoms with Gasteiger partial charge in [-0.3, -0.25) is 0 Å². The van der Waals surface area contributed by atoms with Crippen LogP contribution in [0.1, 0.15) is 29.9 Å². The number of fused-ring (bicyclic) bond motifs is 2. The Kier molecular flexibility index (Phi) is 4.26. The summed E-state index contributed by atoms with van der Waals surface area (Å²) in [5.74, 6) is -0.0735. The highest BCUT2D eigenvalue weighted by Gasteiger charge is 2.39. The zero-order valence-electron chi connectivity index (χ0n) is 13.7. The first-order valence-electron chi connectivity index (χ1n) is 8.07. The maximum atomic E-state index is 13.0. The summed E-state index contributed by atoms with van der Waals surface area (Å²) in [6.45, 7) is 2.77. The van der Waals surface area contributed by atoms with Crippen molar-refractivity contribution in [1.29, 1.82) is 0 Å². The minimum absolute atomic E-state index is 0.125. The molecule has 0 fully saturated rings. The molecule has 1 aliphatic rings. The number of aryl methyl sites for hydroxylation is 1. The topological polar surface area (TPSA) is 59.7 Å². The van der Waals surface area contributed by atoms with Gasteiger partial charge in [0.15, 0.2) is 5.82 Å². The number of hydrogen-bond acceptors (Lipinski definition) is 6. The SMILES string of the molecule is CCCc1cc2c(N3CCn4c(nnc4C(F)(F)F)C3)nc(Cl)nc2s1. The molecule has 0 aliphatic carbocycles. The van der Waals surface area contributed by atoms with Gasteiger partial charge in [0.25, 0.3) is 0 Å². The molecule has 3 aromatic rings. The fraction of sp³-hybridized carbons (Fsp3) is 0.467. The average molecular weight is 403 g/mol. The summed E-state index contributed by atoms with van der Waals surface area (Å²) in [6, 6.07) is 2.04. The van der Waals surface area contributed by atoms with Crippen molar-refractivity contribution in [2.75, 3.05) is 11.4 Å². The highest BCUT2D eigenvalue weighted by molar-refractivity contribution is 7.18. The van der Waals surface area contributed by atoms with E-state index in [-0.39, 0.29) is 24.2 Å². The fourth-order valence-electron chi connectivity index (χ4n) is 3.09. The number of halogens is 4. The van der Waals surface area contributed by atoms with E-state index in [0.717, 1.165) is 27.6 Å². The summed E-state index contributed by atoms with van der Waals surface area (Å²) < 4.78 is 40.1. The number of rotatable bonds is 3. The minimum Gasteiger partial charge on any atom is -0.347 e. The van der Waals surface area contributed by atoms with Crippen LogP contribution in [-0.4, -0.2) is 31.3 Å². The summed E-state index contributed by atoms with van der Waals surface area (Å²) in [5.41, 5.74) is 0. The molecule has 0 aromatic carbocycles. The standard InChI is InChI=1S/C15H14ClF3N6S/c1-2-3-8-6-9-11(20-14(16)21-12(9)26-8)24-4-5-25-10(7-24)22-23-13(25)15(17,18)19/h6H,2-5,7H2,1H3. The molecule has 0 unspecified atom stereocenters. The van der Waals surface area contributed by atoms with Gasteiger partial charge in [-0.25, -0.2) is 4.98 Å². The molecule has 0 saturated heterocycles. The maximum absolute atomic E-state index is 13.0. The maximum Gasteiger partial charge on any atom is 0.451 e. The summed E-state index contributed by atoms with van der Waals surface area (Å²) >= 11 is 7.63. The third-order valence-corrected chi connectivity index (χ3v) is 5.46. The van der Waals surface area contributed by atoms with Crippen molar-refractivity contribution >= 4 is 39.0 Å². The molecule has 11 heteroatoms. The van der Waals surface area contributed by atoms with Crippen LogP contribution in [0.3, 0.4) is 0 Å². The largest absolute Gasteiger partial charge is 0.451 e. The second-order valence-electron chi connectivity index (χ2n) is 6.01. The molecule has 26 heavy (non-hydrogen) atoms. The summed E-state index contributed by atoms with van der Waals surface area (Å²) in [5, 5.41) is 8.02. The Hall–Kier alpha value is -1.94. The van der Waals surface area contributed by atoms with E-state index in [2.05, 4.69) is 27.1 Å². The predicted molar refractivity (Wildman–Crippen MR) is 92.5 cm³/mol. The molecule has 0 N–H and O–H groups in total. The van der Waals surface area contributed by atoms with Crippen molar-refractivity contribution in [3.8, 4) is 0 Å². The first-order valence-corrected chi connectivity index (χ1v) is 9.26. The number of hydrogen-bond donors (Lipinski definition) is 0. The smallest absolute Gasteiger partial charge is 0.347 e. The molecular formula is C15H14ClF3N6S. The van der Waals surface area contributed by atoms with Crippen molar-refractivity contribution < 1.29 is 13.2 Å². The van der Waals surface area contributed by atoms with E-state index >= 15 is 0 Å². The van der Waals surface area contributed by atoms with Crippen LogP contribution in [0.4, 0.5) is 19.0 Å². The van der Waals surface area contributed by atoms with E-state index in [1.54, 1.807) is 11.3 Å². The summed E-state index contributed by atoms with van der Waals surface area (Å²) in [4.78, 5) is 12.5. The molecule has 0 saturated carbocycles. The normalized spacial score (nSPS) is 14.9. The Labute approximate surface area is 155 Å². The second kappa shape index (κ2) is 6.34. The number of thiophene rings is 1. The van der Waals surface area contributed by atoms with Crippen LogP contribution in [0.25, 0.3) is 10.2 Å². The van der Waals surface area contributed by atoms with Gasteiger partial charge in [0.1, 0.15) is 10.6 Å². The lowest BCUT2D eigenvalue weighted by Gasteiger charge is -2.29. The lowest BCUT2D eigenvalue weighted by atomic mass is 10.2. The number of anilines is 1. The van der Waals surface area contributed by atoms with Gasteiger partial charge in [-0.2, -0.15) is 18.2 Å². The molecule has 0 amide bonds. The molecular weight excluding hydrogens is 389 g/mol. The Morgan fingerprint density at radius 3 is 2.77 bits per heavy atom. The van der Waals surface area contributed by atoms with Crippen molar-refractivity contribution in [3.63, 3.8) is 0 Å². The average Bonchev–Trinajstić information content (AvgIpc) is 3.16. The van der Waals surface area contributed by atoms with Crippen LogP contribution in [-0.2, 0) is 25.7 Å². The quantitative estimate of drug-likeness (QED) is 0.621. The number of alkyl halides is 3. The molecule has 0 atom stereocenters. The Balaban J connectivity index is 1.72. The lowest BCUT2D eigenvalue weighted by molar-refractivity contribution is -0.147. The van der Waals surface area contributed by atoms with Gasteiger partial charge >= 0.3 is 6.18 Å². The number of aromatic nitrogens is 5. The van der Waals surface area contributed by atoms with Gasteiger partial charge in [0, 0.05) is 18.0 Å². The Bertz CT molecular complexity index is 966. The summed E-state index contributed by atoms with van der Waals surface area (Å²) in [6.07, 6.45) is -2.57. The second-order valence-corrected chi connectivity index (χ2v) is 7.46. The number of nitrogens with zero attached hydrogens (tertiary/aromatic N) is 6. The van der Waals surface area contributed by atoms with Crippen molar-refractivity contribution in [3.05, 3.63) is 27.9 Å². The Morgan fingerprint density at radius 1 is 1.23 bits per heavy atom. The minimum atomic E-state index is -4.51. The molecule has 0 spiro atoms. The van der Waals surface area contributed by atoms with Gasteiger partial charge in [-0.1, -0.05) is 13.3 Å². The van der Waals surface area contributed by atoms with Crippen LogP contribution < -0.4 is 4.90 Å². The van der Waals surface area contributed by atoms with Gasteiger partial charge in [0.05, 0.1) is 11.9 Å². The van der Waals surface area contributed by atoms with E-state index in [0.29, 0.717) is 12.4 Å². The van der Waals surface area contributed by atoms with E-state index in [1.165, 1.54) is 4.88 Å². The van der Waals surface area contributed by atoms with Gasteiger partial charge < -0.3 is 9.47 Å². The molecule has 0 radical (unpaired) electrons. The summed E-state index contributed by atoms with van der Waals surface area (Å²) in [7, 11) is 0. The van der Waals surface area contributed by atoms with Crippen molar-refractivity contribution in [1.82, 2.24) is 24.7 Å². The monoisotopic (exact) mass is 402 g/mol. The van der Waals surface area contributed by atoms with Crippen LogP contribution in [0, 0.1) is 0 Å². The lowest BCUT2D eigenvalue weighted by Crippen LogP contribution is -2.36. The van der Waals surface area contributed by atoms with E-state index in [4.69, 9.17) is 11.6 Å². The third-order valence-electron chi connectivity index (χ3n) is 4.20. The highest BCUT2D eigenvalue weighted by atomic mass is 35.5. The molecule has 138 valence electrons. The van der Waals surface area contributed by atoms with Crippen LogP contribution in [0.5, 0.6) is 0 Å². The third kappa shape index (κ3) is 3.01. The molecule has 6 nitrogen and oxygen atoms in total. The Morgan fingerprint density at radius 2 is 2.04 bits per heavy atom. The van der Waals surface area contributed by atoms with Crippen LogP contribution in [0.15, 0.2) is 6.07 Å². The molecule has 4 rings (SSSR count). The zero-order valence-corrected chi connectivity index (χ0v) is 15.3. The molecule has 0 bridgehead atoms. The zero-order chi connectivity index (χ0) is 18.5. The van der Waals surface area contributed by atoms with E-state index < -0.39 is 12.0 Å².